The van der Waals surface area contributed by atoms with Crippen molar-refractivity contribution in [2.75, 3.05) is 18.5 Å². The van der Waals surface area contributed by atoms with Gasteiger partial charge in [-0.15, -0.1) is 5.10 Å². The van der Waals surface area contributed by atoms with E-state index >= 15 is 0 Å². The van der Waals surface area contributed by atoms with Gasteiger partial charge in [-0.2, -0.15) is 9.67 Å². The maximum absolute atomic E-state index is 14.4. The van der Waals surface area contributed by atoms with Crippen LogP contribution in [-0.2, 0) is 21.6 Å². The maximum atomic E-state index is 14.4. The van der Waals surface area contributed by atoms with Crippen LogP contribution in [0.15, 0.2) is 6.20 Å². The molecule has 1 aliphatic heterocycles. The van der Waals surface area contributed by atoms with Gasteiger partial charge in [0.1, 0.15) is 5.60 Å². The number of nitrogens with one attached hydrogen (secondary N) is 1. The molecule has 33 heavy (non-hydrogen) atoms. The lowest BCUT2D eigenvalue weighted by atomic mass is 10.0. The van der Waals surface area contributed by atoms with Gasteiger partial charge in [0, 0.05) is 5.56 Å². The summed E-state index contributed by atoms with van der Waals surface area (Å²) in [7, 11) is 0. The van der Waals surface area contributed by atoms with E-state index in [1.165, 1.54) is 4.90 Å². The van der Waals surface area contributed by atoms with Gasteiger partial charge in [-0.1, -0.05) is 0 Å². The molecular formula is C21H29FN6O5. The first-order chi connectivity index (χ1) is 15.4. The van der Waals surface area contributed by atoms with Crippen LogP contribution in [0.25, 0.3) is 0 Å². The number of nitrogens with zero attached hydrogens (tertiary/aromatic N) is 5. The van der Waals surface area contributed by atoms with Crippen molar-refractivity contribution in [1.82, 2.24) is 24.6 Å². The zero-order valence-electron chi connectivity index (χ0n) is 19.9. The fraction of sp³-hybridized carbons (Fsp3) is 0.571. The molecule has 0 saturated carbocycles. The maximum Gasteiger partial charge on any atom is 0.435 e. The van der Waals surface area contributed by atoms with Crippen molar-refractivity contribution in [2.24, 2.45) is 0 Å². The molecule has 0 aromatic carbocycles. The van der Waals surface area contributed by atoms with Crippen LogP contribution in [0.5, 0.6) is 6.01 Å². The third-order valence-corrected chi connectivity index (χ3v) is 4.84. The van der Waals surface area contributed by atoms with Crippen molar-refractivity contribution in [3.63, 3.8) is 0 Å². The molecule has 1 amide bonds. The van der Waals surface area contributed by atoms with E-state index in [1.807, 2.05) is 0 Å². The highest BCUT2D eigenvalue weighted by molar-refractivity contribution is 5.77. The normalized spacial score (nSPS) is 14.6. The minimum atomic E-state index is -0.974. The van der Waals surface area contributed by atoms with Crippen molar-refractivity contribution in [3.05, 3.63) is 23.3 Å². The minimum absolute atomic E-state index is 0.0152. The molecule has 2 aromatic rings. The Labute approximate surface area is 191 Å². The van der Waals surface area contributed by atoms with Crippen LogP contribution in [-0.4, -0.2) is 55.6 Å². The number of fused-ring (bicyclic) bond motifs is 1. The summed E-state index contributed by atoms with van der Waals surface area (Å²) in [4.78, 5) is 34.9. The van der Waals surface area contributed by atoms with Crippen LogP contribution in [0, 0.1) is 5.82 Å². The molecule has 11 nitrogen and oxygen atoms in total. The fourth-order valence-corrected chi connectivity index (χ4v) is 3.49. The molecule has 0 fully saturated rings. The lowest BCUT2D eigenvalue weighted by Gasteiger charge is -2.34. The van der Waals surface area contributed by atoms with E-state index in [0.29, 0.717) is 17.9 Å². The van der Waals surface area contributed by atoms with Crippen LogP contribution < -0.4 is 10.1 Å². The summed E-state index contributed by atoms with van der Waals surface area (Å²) >= 11 is 0. The molecule has 3 heterocycles. The molecule has 0 unspecified atom stereocenters. The number of carbonyl (C=O) groups excluding carboxylic acids is 2. The number of aromatic nitrogens is 4. The second-order valence-corrected chi connectivity index (χ2v) is 8.82. The number of rotatable bonds is 5. The quantitative estimate of drug-likeness (QED) is 0.701. The summed E-state index contributed by atoms with van der Waals surface area (Å²) in [5, 5.41) is 7.12. The molecule has 2 aromatic heterocycles. The Morgan fingerprint density at radius 3 is 2.48 bits per heavy atom. The number of hydrogen-bond donors (Lipinski definition) is 1. The standard InChI is InChI=1S/C21H29FN6O5/c1-8-31-17-23-10-13(22)16(25-17)24-15-12-11-27(18(29)33-20(3,4)5)21(6,7)14(12)28(26-15)19(30)32-9-2/h10H,8-9,11H2,1-7H3,(H,23,24,25,26). The van der Waals surface area contributed by atoms with Gasteiger partial charge in [0.2, 0.25) is 0 Å². The van der Waals surface area contributed by atoms with Crippen molar-refractivity contribution in [1.29, 1.82) is 0 Å². The van der Waals surface area contributed by atoms with Crippen LogP contribution >= 0.6 is 0 Å². The van der Waals surface area contributed by atoms with Gasteiger partial charge in [-0.3, -0.25) is 4.90 Å². The Balaban J connectivity index is 2.06. The average Bonchev–Trinajstić information content (AvgIpc) is 3.19. The Hall–Kier alpha value is -3.44. The lowest BCUT2D eigenvalue weighted by Crippen LogP contribution is -2.44. The predicted molar refractivity (Wildman–Crippen MR) is 116 cm³/mol. The van der Waals surface area contributed by atoms with E-state index in [2.05, 4.69) is 20.4 Å². The lowest BCUT2D eigenvalue weighted by molar-refractivity contribution is 0.00387. The van der Waals surface area contributed by atoms with Gasteiger partial charge in [-0.05, 0) is 48.5 Å². The third kappa shape index (κ3) is 4.83. The molecule has 0 aliphatic carbocycles. The van der Waals surface area contributed by atoms with E-state index < -0.39 is 29.1 Å². The van der Waals surface area contributed by atoms with Gasteiger partial charge >= 0.3 is 18.2 Å². The van der Waals surface area contributed by atoms with E-state index in [4.69, 9.17) is 14.2 Å². The molecule has 0 saturated heterocycles. The van der Waals surface area contributed by atoms with Gasteiger partial charge < -0.3 is 19.5 Å². The summed E-state index contributed by atoms with van der Waals surface area (Å²) < 4.78 is 31.4. The Kier molecular flexibility index (Phi) is 6.48. The Morgan fingerprint density at radius 2 is 1.88 bits per heavy atom. The topological polar surface area (TPSA) is 121 Å². The van der Waals surface area contributed by atoms with Crippen molar-refractivity contribution in [2.45, 2.75) is 66.2 Å². The van der Waals surface area contributed by atoms with Crippen LogP contribution in [0.1, 0.15) is 59.7 Å². The second kappa shape index (κ2) is 8.83. The minimum Gasteiger partial charge on any atom is -0.464 e. The molecule has 0 spiro atoms. The average molecular weight is 464 g/mol. The molecule has 12 heteroatoms. The van der Waals surface area contributed by atoms with E-state index in [1.54, 1.807) is 48.5 Å². The number of amides is 1. The van der Waals surface area contributed by atoms with Crippen molar-refractivity contribution < 1.29 is 28.2 Å². The predicted octanol–water partition coefficient (Wildman–Crippen LogP) is 3.94. The summed E-state index contributed by atoms with van der Waals surface area (Å²) in [5.41, 5.74) is -0.753. The SMILES string of the molecule is CCOC(=O)n1nc(Nc2nc(OCC)ncc2F)c2c1C(C)(C)N(C(=O)OC(C)(C)C)C2. The highest BCUT2D eigenvalue weighted by atomic mass is 19.1. The van der Waals surface area contributed by atoms with Gasteiger partial charge in [0.25, 0.3) is 0 Å². The number of carbonyl (C=O) groups is 2. The van der Waals surface area contributed by atoms with E-state index in [-0.39, 0.29) is 30.8 Å². The Morgan fingerprint density at radius 1 is 1.18 bits per heavy atom. The molecule has 1 aliphatic rings. The van der Waals surface area contributed by atoms with Crippen molar-refractivity contribution in [3.8, 4) is 6.01 Å². The van der Waals surface area contributed by atoms with Gasteiger partial charge in [0.05, 0.1) is 37.2 Å². The van der Waals surface area contributed by atoms with Gasteiger partial charge in [0.15, 0.2) is 17.5 Å². The summed E-state index contributed by atoms with van der Waals surface area (Å²) in [6.45, 7) is 12.8. The first kappa shape index (κ1) is 24.2. The summed E-state index contributed by atoms with van der Waals surface area (Å²) in [6, 6.07) is -0.0152. The monoisotopic (exact) mass is 464 g/mol. The van der Waals surface area contributed by atoms with Crippen LogP contribution in [0.4, 0.5) is 25.6 Å². The van der Waals surface area contributed by atoms with E-state index in [0.717, 1.165) is 10.9 Å². The van der Waals surface area contributed by atoms with E-state index in [9.17, 15) is 14.0 Å². The van der Waals surface area contributed by atoms with Crippen molar-refractivity contribution >= 4 is 23.8 Å². The van der Waals surface area contributed by atoms with Crippen LogP contribution in [0.2, 0.25) is 0 Å². The number of halogens is 1. The molecule has 0 radical (unpaired) electrons. The highest BCUT2D eigenvalue weighted by Gasteiger charge is 2.48. The first-order valence-corrected chi connectivity index (χ1v) is 10.6. The Bertz CT molecular complexity index is 1060. The number of anilines is 2. The summed E-state index contributed by atoms with van der Waals surface area (Å²) in [5.74, 6) is -0.769. The smallest absolute Gasteiger partial charge is 0.435 e. The first-order valence-electron chi connectivity index (χ1n) is 10.6. The summed E-state index contributed by atoms with van der Waals surface area (Å²) in [6.07, 6.45) is -0.309. The number of hydrogen-bond acceptors (Lipinski definition) is 9. The molecular weight excluding hydrogens is 435 g/mol. The van der Waals surface area contributed by atoms with Gasteiger partial charge in [-0.25, -0.2) is 19.0 Å². The molecule has 3 rings (SSSR count). The molecule has 180 valence electrons. The second-order valence-electron chi connectivity index (χ2n) is 8.82. The highest BCUT2D eigenvalue weighted by Crippen LogP contribution is 2.43. The fourth-order valence-electron chi connectivity index (χ4n) is 3.49. The molecule has 0 bridgehead atoms. The third-order valence-electron chi connectivity index (χ3n) is 4.84. The zero-order valence-corrected chi connectivity index (χ0v) is 19.9. The zero-order chi connectivity index (χ0) is 24.6. The number of ether oxygens (including phenoxy) is 3. The molecule has 1 N–H and O–H groups in total. The van der Waals surface area contributed by atoms with Crippen LogP contribution in [0.3, 0.4) is 0 Å². The molecule has 0 atom stereocenters. The largest absolute Gasteiger partial charge is 0.464 e.